The van der Waals surface area contributed by atoms with Crippen molar-refractivity contribution >= 4 is 70.5 Å². The minimum atomic E-state index is -2.31. The number of aliphatic carboxylic acids is 1. The van der Waals surface area contributed by atoms with Gasteiger partial charge in [-0.1, -0.05) is 55.2 Å². The lowest BCUT2D eigenvalue weighted by atomic mass is 9.89. The normalized spacial score (nSPS) is 26.1. The summed E-state index contributed by atoms with van der Waals surface area (Å²) in [6, 6.07) is -0.430. The molecule has 0 unspecified atom stereocenters. The predicted molar refractivity (Wildman–Crippen MR) is 322 cm³/mol. The lowest BCUT2D eigenvalue weighted by molar-refractivity contribution is -0.887. The number of benzene rings is 5. The molecular weight excluding hydrogens is 1270 g/mol. The zero-order chi connectivity index (χ0) is 68.0. The number of carboxylic acids is 1. The van der Waals surface area contributed by atoms with Crippen LogP contribution >= 0.6 is 23.2 Å². The molecule has 6 aliphatic rings. The van der Waals surface area contributed by atoms with Crippen LogP contribution in [0.2, 0.25) is 10.0 Å². The second kappa shape index (κ2) is 27.2. The Morgan fingerprint density at radius 1 is 0.656 bits per heavy atom. The summed E-state index contributed by atoms with van der Waals surface area (Å²) in [5.74, 6) is -15.7. The quantitative estimate of drug-likeness (QED) is 0.0794. The highest BCUT2D eigenvalue weighted by Crippen LogP contribution is 2.49. The number of likely N-dealkylation sites (N-methyl/N-ethyl adjacent to an activating group) is 1. The number of phenols is 3. The van der Waals surface area contributed by atoms with E-state index in [0.717, 1.165) is 66.7 Å². The number of carbonyl (C=O) groups excluding carboxylic acids is 7. The van der Waals surface area contributed by atoms with Crippen LogP contribution in [0, 0.1) is 5.92 Å². The molecule has 11 rings (SSSR count). The molecule has 1 saturated heterocycles. The fraction of sp³-hybridized carbons (Fsp3) is 0.377. The van der Waals surface area contributed by atoms with Crippen molar-refractivity contribution in [1.29, 1.82) is 0 Å². The van der Waals surface area contributed by atoms with Gasteiger partial charge < -0.3 is 112 Å². The molecular formula is C61H67Cl2N8O22+. The number of phenolic OH excluding ortho intramolecular Hbond substituents is 3. The van der Waals surface area contributed by atoms with Gasteiger partial charge in [-0.25, -0.2) is 4.79 Å². The third kappa shape index (κ3) is 14.4. The number of carbonyl (C=O) groups is 8. The third-order valence-electron chi connectivity index (χ3n) is 16.0. The van der Waals surface area contributed by atoms with E-state index in [1.54, 1.807) is 21.1 Å². The fourth-order valence-corrected chi connectivity index (χ4v) is 11.6. The number of fused-ring (bicyclic) bond motifs is 15. The van der Waals surface area contributed by atoms with Gasteiger partial charge in [-0.2, -0.15) is 0 Å². The van der Waals surface area contributed by atoms with Crippen LogP contribution in [0.25, 0.3) is 11.1 Å². The summed E-state index contributed by atoms with van der Waals surface area (Å²) < 4.78 is 24.9. The topological polar surface area (TPSA) is 474 Å². The van der Waals surface area contributed by atoms with Crippen molar-refractivity contribution in [1.82, 2.24) is 31.9 Å². The summed E-state index contributed by atoms with van der Waals surface area (Å²) in [6.07, 6.45) is -14.8. The van der Waals surface area contributed by atoms with E-state index in [0.29, 0.717) is 0 Å². The van der Waals surface area contributed by atoms with Gasteiger partial charge in [-0.3, -0.25) is 33.6 Å². The maximum absolute atomic E-state index is 15.8. The number of halogens is 2. The van der Waals surface area contributed by atoms with Crippen LogP contribution in [-0.2, 0) is 43.1 Å². The van der Waals surface area contributed by atoms with E-state index >= 15 is 14.4 Å². The first-order valence-electron chi connectivity index (χ1n) is 28.7. The Bertz CT molecular complexity index is 3810. The Labute approximate surface area is 538 Å². The number of primary amides is 1. The summed E-state index contributed by atoms with van der Waals surface area (Å²) >= 11 is 13.9. The fourth-order valence-electron chi connectivity index (χ4n) is 11.1. The van der Waals surface area contributed by atoms with Crippen LogP contribution in [0.15, 0.2) is 78.9 Å². The largest absolute Gasteiger partial charge is 0.508 e. The molecule has 0 radical (unpaired) electrons. The molecule has 7 amide bonds. The summed E-state index contributed by atoms with van der Waals surface area (Å²) in [5.41, 5.74) is 2.96. The van der Waals surface area contributed by atoms with Crippen LogP contribution in [0.4, 0.5) is 0 Å². The number of quaternary nitrogens is 1. The number of nitrogens with one attached hydrogen (secondary N) is 6. The Kier molecular flexibility index (Phi) is 20.0. The smallest absolute Gasteiger partial charge is 0.330 e. The van der Waals surface area contributed by atoms with Crippen molar-refractivity contribution in [2.75, 3.05) is 27.7 Å². The van der Waals surface area contributed by atoms with Gasteiger partial charge in [-0.05, 0) is 82.8 Å². The predicted octanol–water partition coefficient (Wildman–Crippen LogP) is 0.356. The first-order chi connectivity index (χ1) is 43.7. The zero-order valence-electron chi connectivity index (χ0n) is 49.9. The molecule has 1 fully saturated rings. The summed E-state index contributed by atoms with van der Waals surface area (Å²) in [6.45, 7) is 2.77. The average molecular weight is 1340 g/mol. The van der Waals surface area contributed by atoms with Gasteiger partial charge in [0.15, 0.2) is 23.6 Å². The number of aliphatic hydroxyl groups excluding tert-OH is 6. The highest BCUT2D eigenvalue weighted by atomic mass is 35.5. The van der Waals surface area contributed by atoms with Crippen molar-refractivity contribution < 1.29 is 113 Å². The molecule has 6 aliphatic heterocycles. The third-order valence-corrected chi connectivity index (χ3v) is 16.5. The van der Waals surface area contributed by atoms with Crippen molar-refractivity contribution in [3.8, 4) is 57.1 Å². The van der Waals surface area contributed by atoms with E-state index < -0.39 is 207 Å². The standard InChI is InChI=1S/C61H66Cl2N8O22/c1-22(2)12-33(71(3,4)5)55(83)69-46-48(77)24-7-10-36(30(62)14-24)90-38-16-26-17-39(53(38)93-61-52(81)51(80)50(79)40(21-72)92-61)91-37-11-8-25(15-31(37)63)49(78)47-59(87)68-45(60(88)89)29-18-27(73)19-35(75)42(29)28-13-23(6-9-34(28)74)43(56(84)70-47)67-57(85)44(26)66-54(82)32(20-41(64)76)65-58(46)86/h6-11,13-19,22,32-33,40,43-52,61,72,77-81H,12,20-21H2,1-5H3,(H11-,64,65,66,67,68,69,70,73,74,75,76,82,83,84,85,86,87,88,89)/p+1/t32-,33+,40+,43+,44+,45-,46+,47-,48+,49+,50+,51-,52+,61-/m0/s1. The number of ether oxygens (including phenoxy) is 4. The molecule has 6 heterocycles. The number of aliphatic hydroxyl groups is 6. The number of carboxylic acid groups (broad SMARTS) is 1. The SMILES string of the molecule is CC(C)C[C@H](C(=O)N[C@H]1C(=O)N[C@@H](CC(N)=O)C(=O)N[C@H]2C(=O)N[C@H]3C(=O)N[C@H](C(=O)N[C@H](C(=O)O)c4cc(O)cc(O)c4-c4cc3ccc4O)[C@H](O)c3ccc(c(Cl)c3)Oc3cc2cc(c3O[C@@H]2O[C@H](CO)[C@@H](O)[C@H](O)[C@H]2O)Oc2ccc(cc2Cl)[C@H]1O)[N+](C)(C)C. The maximum atomic E-state index is 15.8. The average Bonchev–Trinajstić information content (AvgIpc) is 0.774. The van der Waals surface area contributed by atoms with Gasteiger partial charge >= 0.3 is 5.97 Å². The number of nitrogens with zero attached hydrogens (tertiary/aromatic N) is 1. The molecule has 32 heteroatoms. The molecule has 0 aliphatic carbocycles. The molecule has 11 bridgehead atoms. The van der Waals surface area contributed by atoms with Crippen molar-refractivity contribution in [2.45, 2.75) is 112 Å². The van der Waals surface area contributed by atoms with E-state index in [2.05, 4.69) is 31.9 Å². The molecule has 18 N–H and O–H groups in total. The molecule has 0 saturated carbocycles. The van der Waals surface area contributed by atoms with Crippen molar-refractivity contribution in [3.05, 3.63) is 117 Å². The van der Waals surface area contributed by atoms with Crippen LogP contribution in [0.1, 0.15) is 84.8 Å². The van der Waals surface area contributed by atoms with Gasteiger partial charge in [0.25, 0.3) is 5.91 Å². The van der Waals surface area contributed by atoms with E-state index in [4.69, 9.17) is 47.9 Å². The highest BCUT2D eigenvalue weighted by Gasteiger charge is 2.47. The first kappa shape index (κ1) is 68.3. The van der Waals surface area contributed by atoms with Crippen LogP contribution in [0.3, 0.4) is 0 Å². The first-order valence-corrected chi connectivity index (χ1v) is 29.5. The Balaban J connectivity index is 1.32. The zero-order valence-corrected chi connectivity index (χ0v) is 51.5. The van der Waals surface area contributed by atoms with E-state index in [9.17, 15) is 75.0 Å². The lowest BCUT2D eigenvalue weighted by Crippen LogP contribution is -2.61. The second-order valence-corrected chi connectivity index (χ2v) is 24.8. The van der Waals surface area contributed by atoms with Gasteiger partial charge in [0.1, 0.15) is 95.6 Å². The van der Waals surface area contributed by atoms with Gasteiger partial charge in [-0.15, -0.1) is 0 Å². The number of nitrogens with two attached hydrogens (primary N) is 1. The van der Waals surface area contributed by atoms with Gasteiger partial charge in [0.05, 0.1) is 44.2 Å². The molecule has 0 spiro atoms. The second-order valence-electron chi connectivity index (χ2n) is 24.0. The Morgan fingerprint density at radius 3 is 1.81 bits per heavy atom. The van der Waals surface area contributed by atoms with Crippen LogP contribution in [0.5, 0.6) is 46.0 Å². The summed E-state index contributed by atoms with van der Waals surface area (Å²) in [5, 5.41) is 126. The molecule has 5 aromatic carbocycles. The summed E-state index contributed by atoms with van der Waals surface area (Å²) in [7, 11) is 5.17. The molecule has 14 atom stereocenters. The number of aromatic hydroxyl groups is 3. The van der Waals surface area contributed by atoms with E-state index in [1.807, 2.05) is 13.8 Å². The minimum absolute atomic E-state index is 0.0290. The van der Waals surface area contributed by atoms with E-state index in [1.165, 1.54) is 12.1 Å². The molecule has 496 valence electrons. The minimum Gasteiger partial charge on any atom is -0.508 e. The maximum Gasteiger partial charge on any atom is 0.330 e. The van der Waals surface area contributed by atoms with Crippen LogP contribution in [-0.4, -0.2) is 185 Å². The molecule has 0 aromatic heterocycles. The Hall–Kier alpha value is -9.08. The van der Waals surface area contributed by atoms with Crippen molar-refractivity contribution in [2.24, 2.45) is 11.7 Å². The number of hydrogen-bond acceptors (Lipinski definition) is 21. The van der Waals surface area contributed by atoms with Gasteiger partial charge in [0.2, 0.25) is 47.5 Å². The van der Waals surface area contributed by atoms with Gasteiger partial charge in [0, 0.05) is 29.2 Å². The molecule has 5 aromatic rings. The molecule has 93 heavy (non-hydrogen) atoms. The number of rotatable bonds is 11. The van der Waals surface area contributed by atoms with Crippen LogP contribution < -0.4 is 51.8 Å². The monoisotopic (exact) mass is 1330 g/mol. The highest BCUT2D eigenvalue weighted by molar-refractivity contribution is 6.32. The van der Waals surface area contributed by atoms with Crippen molar-refractivity contribution in [3.63, 3.8) is 0 Å². The Morgan fingerprint density at radius 2 is 1.24 bits per heavy atom. The van der Waals surface area contributed by atoms with E-state index in [-0.39, 0.29) is 50.0 Å². The molecule has 30 nitrogen and oxygen atoms in total. The number of hydrogen-bond donors (Lipinski definition) is 17. The number of amides is 7. The lowest BCUT2D eigenvalue weighted by Gasteiger charge is -2.39. The summed E-state index contributed by atoms with van der Waals surface area (Å²) in [4.78, 5) is 116.